The third-order valence-corrected chi connectivity index (χ3v) is 4.73. The number of pyridine rings is 1. The Kier molecular flexibility index (Phi) is 5.52. The van der Waals surface area contributed by atoms with E-state index in [4.69, 9.17) is 4.74 Å². The van der Waals surface area contributed by atoms with Crippen LogP contribution < -0.4 is 10.1 Å². The Labute approximate surface area is 169 Å². The molecule has 2 aromatic carbocycles. The summed E-state index contributed by atoms with van der Waals surface area (Å²) in [4.78, 5) is 31.0. The highest BCUT2D eigenvalue weighted by atomic mass is 16.5. The highest BCUT2D eigenvalue weighted by Crippen LogP contribution is 2.23. The number of anilines is 1. The largest absolute Gasteiger partial charge is 0.457 e. The second-order valence-electron chi connectivity index (χ2n) is 6.82. The number of rotatable bonds is 5. The number of nitrogens with one attached hydrogen (secondary N) is 1. The zero-order chi connectivity index (χ0) is 20.1. The number of hydrogen-bond donors (Lipinski definition) is 1. The summed E-state index contributed by atoms with van der Waals surface area (Å²) in [6, 6.07) is 19.7. The van der Waals surface area contributed by atoms with Crippen molar-refractivity contribution >= 4 is 17.5 Å². The van der Waals surface area contributed by atoms with E-state index < -0.39 is 0 Å². The molecule has 1 aliphatic heterocycles. The van der Waals surface area contributed by atoms with Crippen molar-refractivity contribution in [3.8, 4) is 11.5 Å². The number of ether oxygens (including phenoxy) is 1. The van der Waals surface area contributed by atoms with Crippen molar-refractivity contribution in [3.05, 3.63) is 84.2 Å². The summed E-state index contributed by atoms with van der Waals surface area (Å²) >= 11 is 0. The first-order valence-corrected chi connectivity index (χ1v) is 9.59. The van der Waals surface area contributed by atoms with Gasteiger partial charge in [-0.3, -0.25) is 14.6 Å². The molecule has 6 heteroatoms. The molecule has 0 spiro atoms. The Morgan fingerprint density at radius 3 is 2.31 bits per heavy atom. The van der Waals surface area contributed by atoms with Crippen LogP contribution in [0.5, 0.6) is 11.5 Å². The summed E-state index contributed by atoms with van der Waals surface area (Å²) in [5.41, 5.74) is 1.33. The van der Waals surface area contributed by atoms with Crippen LogP contribution in [-0.2, 0) is 0 Å². The number of benzene rings is 2. The van der Waals surface area contributed by atoms with Crippen LogP contribution in [0.15, 0.2) is 72.9 Å². The van der Waals surface area contributed by atoms with Crippen LogP contribution in [0.1, 0.15) is 33.7 Å². The summed E-state index contributed by atoms with van der Waals surface area (Å²) in [6.07, 6.45) is 3.51. The Bertz CT molecular complexity index is 997. The van der Waals surface area contributed by atoms with Crippen LogP contribution in [0.25, 0.3) is 0 Å². The molecule has 1 aromatic heterocycles. The molecule has 0 bridgehead atoms. The third-order valence-electron chi connectivity index (χ3n) is 4.73. The number of amides is 2. The Hall–Kier alpha value is -3.67. The van der Waals surface area contributed by atoms with E-state index >= 15 is 0 Å². The fourth-order valence-electron chi connectivity index (χ4n) is 3.21. The van der Waals surface area contributed by atoms with Gasteiger partial charge in [-0.15, -0.1) is 0 Å². The first-order valence-electron chi connectivity index (χ1n) is 9.59. The summed E-state index contributed by atoms with van der Waals surface area (Å²) in [7, 11) is 0. The fourth-order valence-corrected chi connectivity index (χ4v) is 3.21. The molecule has 2 amide bonds. The van der Waals surface area contributed by atoms with E-state index in [2.05, 4.69) is 10.3 Å². The normalized spacial score (nSPS) is 13.2. The van der Waals surface area contributed by atoms with Gasteiger partial charge in [-0.25, -0.2) is 0 Å². The topological polar surface area (TPSA) is 71.5 Å². The van der Waals surface area contributed by atoms with Crippen LogP contribution in [0.3, 0.4) is 0 Å². The number of aromatic nitrogens is 1. The van der Waals surface area contributed by atoms with E-state index in [1.165, 1.54) is 6.20 Å². The molecule has 6 nitrogen and oxygen atoms in total. The minimum atomic E-state index is -0.292. The van der Waals surface area contributed by atoms with Crippen molar-refractivity contribution in [3.63, 3.8) is 0 Å². The molecule has 29 heavy (non-hydrogen) atoms. The van der Waals surface area contributed by atoms with Gasteiger partial charge in [0.2, 0.25) is 0 Å². The highest BCUT2D eigenvalue weighted by molar-refractivity contribution is 6.05. The number of hydrogen-bond acceptors (Lipinski definition) is 4. The van der Waals surface area contributed by atoms with Crippen LogP contribution >= 0.6 is 0 Å². The molecular weight excluding hydrogens is 366 g/mol. The lowest BCUT2D eigenvalue weighted by Gasteiger charge is -2.14. The van der Waals surface area contributed by atoms with Crippen LogP contribution in [0.2, 0.25) is 0 Å². The fraction of sp³-hybridized carbons (Fsp3) is 0.174. The lowest BCUT2D eigenvalue weighted by atomic mass is 10.2. The SMILES string of the molecule is O=C(Nc1ccc(Oc2ccccc2)cc1)c1ccnc(C(=O)N2CCCC2)c1. The van der Waals surface area contributed by atoms with Gasteiger partial charge in [-0.1, -0.05) is 18.2 Å². The third kappa shape index (κ3) is 4.60. The van der Waals surface area contributed by atoms with Crippen LogP contribution in [0.4, 0.5) is 5.69 Å². The van der Waals surface area contributed by atoms with Gasteiger partial charge in [0.1, 0.15) is 17.2 Å². The van der Waals surface area contributed by atoms with Crippen molar-refractivity contribution in [1.29, 1.82) is 0 Å². The quantitative estimate of drug-likeness (QED) is 0.706. The average molecular weight is 387 g/mol. The van der Waals surface area contributed by atoms with Crippen molar-refractivity contribution < 1.29 is 14.3 Å². The van der Waals surface area contributed by atoms with Crippen molar-refractivity contribution in [2.45, 2.75) is 12.8 Å². The van der Waals surface area contributed by atoms with E-state index in [1.54, 1.807) is 41.3 Å². The maximum Gasteiger partial charge on any atom is 0.272 e. The zero-order valence-corrected chi connectivity index (χ0v) is 15.9. The Balaban J connectivity index is 1.41. The molecule has 0 saturated carbocycles. The Morgan fingerprint density at radius 1 is 0.897 bits per heavy atom. The second kappa shape index (κ2) is 8.56. The molecule has 1 N–H and O–H groups in total. The Morgan fingerprint density at radius 2 is 1.59 bits per heavy atom. The monoisotopic (exact) mass is 387 g/mol. The van der Waals surface area contributed by atoms with Gasteiger partial charge in [0.15, 0.2) is 0 Å². The van der Waals surface area contributed by atoms with Crippen molar-refractivity contribution in [2.75, 3.05) is 18.4 Å². The van der Waals surface area contributed by atoms with E-state index in [0.717, 1.165) is 31.7 Å². The minimum Gasteiger partial charge on any atom is -0.457 e. The summed E-state index contributed by atoms with van der Waals surface area (Å²) in [5, 5.41) is 2.84. The number of para-hydroxylation sites is 1. The molecule has 1 fully saturated rings. The van der Waals surface area contributed by atoms with Crippen LogP contribution in [-0.4, -0.2) is 34.8 Å². The summed E-state index contributed by atoms with van der Waals surface area (Å²) in [6.45, 7) is 1.49. The predicted molar refractivity (Wildman–Crippen MR) is 110 cm³/mol. The van der Waals surface area contributed by atoms with Crippen LogP contribution in [0, 0.1) is 0 Å². The zero-order valence-electron chi connectivity index (χ0n) is 15.9. The molecule has 0 atom stereocenters. The molecule has 1 saturated heterocycles. The summed E-state index contributed by atoms with van der Waals surface area (Å²) in [5.74, 6) is 1.01. The van der Waals surface area contributed by atoms with E-state index in [1.807, 2.05) is 30.3 Å². The molecular formula is C23H21N3O3. The van der Waals surface area contributed by atoms with E-state index in [-0.39, 0.29) is 11.8 Å². The van der Waals surface area contributed by atoms with Gasteiger partial charge in [0.25, 0.3) is 11.8 Å². The smallest absolute Gasteiger partial charge is 0.272 e. The first-order chi connectivity index (χ1) is 14.2. The van der Waals surface area contributed by atoms with Gasteiger partial charge >= 0.3 is 0 Å². The van der Waals surface area contributed by atoms with Gasteiger partial charge in [-0.2, -0.15) is 0 Å². The van der Waals surface area contributed by atoms with Crippen molar-refractivity contribution in [1.82, 2.24) is 9.88 Å². The number of likely N-dealkylation sites (tertiary alicyclic amines) is 1. The maximum absolute atomic E-state index is 12.6. The lowest BCUT2D eigenvalue weighted by molar-refractivity contribution is 0.0787. The molecule has 0 radical (unpaired) electrons. The maximum atomic E-state index is 12.6. The predicted octanol–water partition coefficient (Wildman–Crippen LogP) is 4.36. The van der Waals surface area contributed by atoms with Gasteiger partial charge in [0.05, 0.1) is 0 Å². The number of carbonyl (C=O) groups is 2. The first kappa shape index (κ1) is 18.7. The van der Waals surface area contributed by atoms with E-state index in [9.17, 15) is 9.59 Å². The molecule has 4 rings (SSSR count). The molecule has 0 aliphatic carbocycles. The molecule has 0 unspecified atom stereocenters. The highest BCUT2D eigenvalue weighted by Gasteiger charge is 2.21. The second-order valence-corrected chi connectivity index (χ2v) is 6.82. The summed E-state index contributed by atoms with van der Waals surface area (Å²) < 4.78 is 5.75. The molecule has 2 heterocycles. The lowest BCUT2D eigenvalue weighted by Crippen LogP contribution is -2.28. The van der Waals surface area contributed by atoms with Crippen molar-refractivity contribution in [2.24, 2.45) is 0 Å². The average Bonchev–Trinajstić information content (AvgIpc) is 3.30. The molecule has 3 aromatic rings. The van der Waals surface area contributed by atoms with Gasteiger partial charge in [0, 0.05) is 30.5 Å². The molecule has 146 valence electrons. The standard InChI is InChI=1S/C23H21N3O3/c27-22(17-12-13-24-21(16-17)23(28)26-14-4-5-15-26)25-18-8-10-20(11-9-18)29-19-6-2-1-3-7-19/h1-3,6-13,16H,4-5,14-15H2,(H,25,27). The molecule has 1 aliphatic rings. The minimum absolute atomic E-state index is 0.125. The number of nitrogens with zero attached hydrogens (tertiary/aromatic N) is 2. The van der Waals surface area contributed by atoms with Gasteiger partial charge < -0.3 is 15.0 Å². The van der Waals surface area contributed by atoms with Gasteiger partial charge in [-0.05, 0) is 61.4 Å². The van der Waals surface area contributed by atoms with E-state index in [0.29, 0.717) is 22.7 Å². The number of carbonyl (C=O) groups excluding carboxylic acids is 2.